The summed E-state index contributed by atoms with van der Waals surface area (Å²) >= 11 is 0.840. The van der Waals surface area contributed by atoms with Crippen molar-refractivity contribution in [1.82, 2.24) is 0 Å². The summed E-state index contributed by atoms with van der Waals surface area (Å²) in [5, 5.41) is 0. The van der Waals surface area contributed by atoms with E-state index < -0.39 is 23.5 Å². The smallest absolute Gasteiger partial charge is 0.137 e. The minimum atomic E-state index is -0.592. The van der Waals surface area contributed by atoms with Crippen molar-refractivity contribution >= 4 is 11.8 Å². The van der Waals surface area contributed by atoms with Crippen molar-refractivity contribution in [2.24, 2.45) is 5.73 Å². The molecular weight excluding hydrogens is 271 g/mol. The van der Waals surface area contributed by atoms with Crippen LogP contribution in [0.2, 0.25) is 0 Å². The van der Waals surface area contributed by atoms with E-state index in [1.165, 1.54) is 6.07 Å². The van der Waals surface area contributed by atoms with Gasteiger partial charge in [-0.3, -0.25) is 0 Å². The van der Waals surface area contributed by atoms with Crippen LogP contribution in [0.3, 0.4) is 0 Å². The van der Waals surface area contributed by atoms with Crippen LogP contribution in [0, 0.1) is 17.5 Å². The Hall–Kier alpha value is -1.46. The van der Waals surface area contributed by atoms with Crippen LogP contribution in [-0.4, -0.2) is 0 Å². The third kappa shape index (κ3) is 3.11. The maximum absolute atomic E-state index is 13.8. The Morgan fingerprint density at radius 1 is 1.05 bits per heavy atom. The van der Waals surface area contributed by atoms with E-state index in [-0.39, 0.29) is 9.79 Å². The molecule has 100 valence electrons. The fourth-order valence-electron chi connectivity index (χ4n) is 1.66. The average molecular weight is 283 g/mol. The number of halogens is 3. The lowest BCUT2D eigenvalue weighted by molar-refractivity contribution is 0.574. The first-order chi connectivity index (χ1) is 8.99. The van der Waals surface area contributed by atoms with Crippen LogP contribution < -0.4 is 5.73 Å². The zero-order valence-electron chi connectivity index (χ0n) is 10.2. The standard InChI is InChI=1S/C14H12F3NS/c1-8(18)10-3-2-4-12(17)14(10)19-13-7-9(15)5-6-11(13)16/h2-8H,18H2,1H3. The van der Waals surface area contributed by atoms with Crippen LogP contribution in [-0.2, 0) is 0 Å². The molecule has 0 amide bonds. The highest BCUT2D eigenvalue weighted by Gasteiger charge is 2.15. The molecule has 2 rings (SSSR count). The van der Waals surface area contributed by atoms with Crippen LogP contribution >= 0.6 is 11.8 Å². The van der Waals surface area contributed by atoms with Crippen molar-refractivity contribution in [1.29, 1.82) is 0 Å². The van der Waals surface area contributed by atoms with Gasteiger partial charge in [0.1, 0.15) is 17.5 Å². The first-order valence-corrected chi connectivity index (χ1v) is 6.47. The molecule has 5 heteroatoms. The fourth-order valence-corrected chi connectivity index (χ4v) is 2.75. The van der Waals surface area contributed by atoms with Crippen LogP contribution in [0.1, 0.15) is 18.5 Å². The van der Waals surface area contributed by atoms with Gasteiger partial charge in [-0.25, -0.2) is 13.2 Å². The zero-order chi connectivity index (χ0) is 14.0. The van der Waals surface area contributed by atoms with Gasteiger partial charge in [-0.1, -0.05) is 23.9 Å². The highest BCUT2D eigenvalue weighted by molar-refractivity contribution is 7.99. The first kappa shape index (κ1) is 14.0. The summed E-state index contributed by atoms with van der Waals surface area (Å²) in [6, 6.07) is 7.17. The maximum atomic E-state index is 13.8. The minimum absolute atomic E-state index is 0.0343. The molecule has 0 saturated carbocycles. The second kappa shape index (κ2) is 5.67. The molecule has 19 heavy (non-hydrogen) atoms. The Balaban J connectivity index is 2.46. The quantitative estimate of drug-likeness (QED) is 0.910. The predicted molar refractivity (Wildman–Crippen MR) is 69.5 cm³/mol. The van der Waals surface area contributed by atoms with Gasteiger partial charge in [-0.2, -0.15) is 0 Å². The van der Waals surface area contributed by atoms with Crippen LogP contribution in [0.25, 0.3) is 0 Å². The van der Waals surface area contributed by atoms with E-state index in [2.05, 4.69) is 0 Å². The third-order valence-electron chi connectivity index (χ3n) is 2.59. The SMILES string of the molecule is CC(N)c1cccc(F)c1Sc1cc(F)ccc1F. The number of rotatable bonds is 3. The molecule has 0 fully saturated rings. The van der Waals surface area contributed by atoms with Crippen molar-refractivity contribution in [3.8, 4) is 0 Å². The van der Waals surface area contributed by atoms with Gasteiger partial charge in [-0.05, 0) is 36.8 Å². The number of nitrogens with two attached hydrogens (primary N) is 1. The molecule has 0 aromatic heterocycles. The van der Waals surface area contributed by atoms with Gasteiger partial charge in [0.15, 0.2) is 0 Å². The Bertz CT molecular complexity index is 599. The molecule has 0 aliphatic carbocycles. The monoisotopic (exact) mass is 283 g/mol. The number of benzene rings is 2. The topological polar surface area (TPSA) is 26.0 Å². The minimum Gasteiger partial charge on any atom is -0.324 e. The summed E-state index contributed by atoms with van der Waals surface area (Å²) in [5.41, 5.74) is 6.32. The second-order valence-corrected chi connectivity index (χ2v) is 5.18. The summed E-state index contributed by atoms with van der Waals surface area (Å²) < 4.78 is 40.5. The van der Waals surface area contributed by atoms with Crippen LogP contribution in [0.15, 0.2) is 46.2 Å². The normalized spacial score (nSPS) is 12.5. The molecule has 2 N–H and O–H groups in total. The Morgan fingerprint density at radius 3 is 2.47 bits per heavy atom. The van der Waals surface area contributed by atoms with Gasteiger partial charge in [0.25, 0.3) is 0 Å². The Labute approximate surface area is 113 Å². The van der Waals surface area contributed by atoms with E-state index in [9.17, 15) is 13.2 Å². The summed E-state index contributed by atoms with van der Waals surface area (Å²) in [5.74, 6) is -1.66. The van der Waals surface area contributed by atoms with Crippen molar-refractivity contribution < 1.29 is 13.2 Å². The number of hydrogen-bond donors (Lipinski definition) is 1. The Morgan fingerprint density at radius 2 is 1.79 bits per heavy atom. The van der Waals surface area contributed by atoms with Crippen LogP contribution in [0.5, 0.6) is 0 Å². The summed E-state index contributed by atoms with van der Waals surface area (Å²) in [6.45, 7) is 1.71. The van der Waals surface area contributed by atoms with Gasteiger partial charge in [0.2, 0.25) is 0 Å². The molecule has 1 nitrogen and oxygen atoms in total. The molecular formula is C14H12F3NS. The van der Waals surface area contributed by atoms with E-state index >= 15 is 0 Å². The lowest BCUT2D eigenvalue weighted by atomic mass is 10.1. The molecule has 1 atom stereocenters. The molecule has 0 spiro atoms. The molecule has 0 radical (unpaired) electrons. The van der Waals surface area contributed by atoms with E-state index in [1.807, 2.05) is 0 Å². The molecule has 2 aromatic carbocycles. The van der Waals surface area contributed by atoms with E-state index in [4.69, 9.17) is 5.73 Å². The molecule has 1 unspecified atom stereocenters. The summed E-state index contributed by atoms with van der Waals surface area (Å²) in [6.07, 6.45) is 0. The second-order valence-electron chi connectivity index (χ2n) is 4.12. The van der Waals surface area contributed by atoms with Gasteiger partial charge in [0, 0.05) is 6.04 Å². The number of hydrogen-bond acceptors (Lipinski definition) is 2. The van der Waals surface area contributed by atoms with Crippen molar-refractivity contribution in [3.63, 3.8) is 0 Å². The van der Waals surface area contributed by atoms with Crippen molar-refractivity contribution in [2.75, 3.05) is 0 Å². The van der Waals surface area contributed by atoms with Gasteiger partial charge < -0.3 is 5.73 Å². The summed E-state index contributed by atoms with van der Waals surface area (Å²) in [7, 11) is 0. The molecule has 2 aromatic rings. The van der Waals surface area contributed by atoms with Gasteiger partial charge in [-0.15, -0.1) is 0 Å². The molecule has 0 aliphatic heterocycles. The Kier molecular flexibility index (Phi) is 4.17. The van der Waals surface area contributed by atoms with E-state index in [0.717, 1.165) is 30.0 Å². The average Bonchev–Trinajstić information content (AvgIpc) is 2.35. The van der Waals surface area contributed by atoms with E-state index in [1.54, 1.807) is 19.1 Å². The maximum Gasteiger partial charge on any atom is 0.137 e. The van der Waals surface area contributed by atoms with E-state index in [0.29, 0.717) is 5.56 Å². The highest BCUT2D eigenvalue weighted by atomic mass is 32.2. The molecule has 0 heterocycles. The predicted octanol–water partition coefficient (Wildman–Crippen LogP) is 4.27. The third-order valence-corrected chi connectivity index (χ3v) is 3.76. The zero-order valence-corrected chi connectivity index (χ0v) is 11.0. The van der Waals surface area contributed by atoms with Gasteiger partial charge >= 0.3 is 0 Å². The molecule has 0 aliphatic rings. The van der Waals surface area contributed by atoms with Crippen molar-refractivity contribution in [2.45, 2.75) is 22.8 Å². The van der Waals surface area contributed by atoms with Crippen LogP contribution in [0.4, 0.5) is 13.2 Å². The first-order valence-electron chi connectivity index (χ1n) is 5.66. The largest absolute Gasteiger partial charge is 0.324 e. The lowest BCUT2D eigenvalue weighted by Gasteiger charge is -2.13. The molecule has 0 bridgehead atoms. The fraction of sp³-hybridized carbons (Fsp3) is 0.143. The molecule has 0 saturated heterocycles. The summed E-state index contributed by atoms with van der Waals surface area (Å²) in [4.78, 5) is 0.258. The highest BCUT2D eigenvalue weighted by Crippen LogP contribution is 2.36. The van der Waals surface area contributed by atoms with Gasteiger partial charge in [0.05, 0.1) is 9.79 Å². The lowest BCUT2D eigenvalue weighted by Crippen LogP contribution is -2.07. The van der Waals surface area contributed by atoms with Crippen molar-refractivity contribution in [3.05, 3.63) is 59.4 Å².